The van der Waals surface area contributed by atoms with E-state index in [-0.39, 0.29) is 6.61 Å². The highest BCUT2D eigenvalue weighted by molar-refractivity contribution is 4.69. The van der Waals surface area contributed by atoms with E-state index in [0.29, 0.717) is 12.6 Å². The molecule has 0 aliphatic carbocycles. The number of aliphatic hydroxyl groups excluding tert-OH is 1. The van der Waals surface area contributed by atoms with Crippen LogP contribution in [0.25, 0.3) is 0 Å². The second-order valence-electron chi connectivity index (χ2n) is 2.56. The van der Waals surface area contributed by atoms with Gasteiger partial charge in [-0.2, -0.15) is 0 Å². The maximum atomic E-state index is 8.50. The molecule has 60 valence electrons. The molecule has 0 saturated carbocycles. The Bertz CT molecular complexity index is 81.7. The molecule has 0 bridgehead atoms. The molecule has 0 unspecified atom stereocenters. The van der Waals surface area contributed by atoms with Crippen molar-refractivity contribution < 1.29 is 9.84 Å². The Kier molecular flexibility index (Phi) is 3.72. The molecule has 1 saturated heterocycles. The predicted octanol–water partition coefficient (Wildman–Crippen LogP) is -0.253. The fourth-order valence-corrected chi connectivity index (χ4v) is 1.17. The van der Waals surface area contributed by atoms with Crippen molar-refractivity contribution in [1.82, 2.24) is 5.32 Å². The molecule has 0 spiro atoms. The van der Waals surface area contributed by atoms with Gasteiger partial charge < -0.3 is 15.2 Å². The number of hydrogen-bond donors (Lipinski definition) is 2. The van der Waals surface area contributed by atoms with Gasteiger partial charge in [-0.15, -0.1) is 0 Å². The number of nitrogens with one attached hydrogen (secondary N) is 1. The highest BCUT2D eigenvalue weighted by Gasteiger charge is 2.11. The van der Waals surface area contributed by atoms with E-state index in [1.54, 1.807) is 0 Å². The lowest BCUT2D eigenvalue weighted by Gasteiger charge is -2.22. The first-order chi connectivity index (χ1) is 4.93. The standard InChI is InChI=1S/C7H15NO2/c9-4-3-8-7-1-5-10-6-2-7/h7-9H,1-6H2. The Morgan fingerprint density at radius 3 is 2.70 bits per heavy atom. The van der Waals surface area contributed by atoms with Crippen molar-refractivity contribution in [3.63, 3.8) is 0 Å². The van der Waals surface area contributed by atoms with Crippen LogP contribution in [0.4, 0.5) is 0 Å². The predicted molar refractivity (Wildman–Crippen MR) is 38.9 cm³/mol. The minimum atomic E-state index is 0.233. The van der Waals surface area contributed by atoms with Crippen LogP contribution in [-0.4, -0.2) is 37.5 Å². The number of aliphatic hydroxyl groups is 1. The minimum absolute atomic E-state index is 0.233. The van der Waals surface area contributed by atoms with Crippen LogP contribution in [0.15, 0.2) is 0 Å². The summed E-state index contributed by atoms with van der Waals surface area (Å²) in [5.74, 6) is 0. The Morgan fingerprint density at radius 2 is 2.10 bits per heavy atom. The fourth-order valence-electron chi connectivity index (χ4n) is 1.17. The maximum Gasteiger partial charge on any atom is 0.0556 e. The van der Waals surface area contributed by atoms with Gasteiger partial charge in [-0.3, -0.25) is 0 Å². The fraction of sp³-hybridized carbons (Fsp3) is 1.00. The van der Waals surface area contributed by atoms with Crippen LogP contribution in [0.2, 0.25) is 0 Å². The van der Waals surface area contributed by atoms with Gasteiger partial charge in [0.25, 0.3) is 0 Å². The molecule has 0 aromatic rings. The SMILES string of the molecule is OCCNC1CCOCC1. The molecule has 3 heteroatoms. The van der Waals surface area contributed by atoms with Crippen molar-refractivity contribution in [3.05, 3.63) is 0 Å². The van der Waals surface area contributed by atoms with Gasteiger partial charge in [-0.25, -0.2) is 0 Å². The van der Waals surface area contributed by atoms with Crippen LogP contribution < -0.4 is 5.32 Å². The molecule has 0 amide bonds. The Hall–Kier alpha value is -0.120. The molecule has 2 N–H and O–H groups in total. The number of hydrogen-bond acceptors (Lipinski definition) is 3. The highest BCUT2D eigenvalue weighted by Crippen LogP contribution is 2.04. The molecule has 3 nitrogen and oxygen atoms in total. The molecule has 1 heterocycles. The van der Waals surface area contributed by atoms with Crippen molar-refractivity contribution in [1.29, 1.82) is 0 Å². The van der Waals surface area contributed by atoms with Crippen molar-refractivity contribution in [2.45, 2.75) is 18.9 Å². The second kappa shape index (κ2) is 4.66. The average molecular weight is 145 g/mol. The third-order valence-electron chi connectivity index (χ3n) is 1.77. The van der Waals surface area contributed by atoms with Crippen LogP contribution in [0.1, 0.15) is 12.8 Å². The molecule has 0 atom stereocenters. The number of rotatable bonds is 3. The molecule has 1 aliphatic heterocycles. The van der Waals surface area contributed by atoms with Crippen LogP contribution in [0.5, 0.6) is 0 Å². The van der Waals surface area contributed by atoms with Crippen LogP contribution in [-0.2, 0) is 4.74 Å². The first-order valence-electron chi connectivity index (χ1n) is 3.85. The van der Waals surface area contributed by atoms with Gasteiger partial charge in [-0.1, -0.05) is 0 Å². The van der Waals surface area contributed by atoms with Gasteiger partial charge in [-0.05, 0) is 12.8 Å². The summed E-state index contributed by atoms with van der Waals surface area (Å²) < 4.78 is 5.18. The van der Waals surface area contributed by atoms with Gasteiger partial charge in [0, 0.05) is 25.8 Å². The topological polar surface area (TPSA) is 41.5 Å². The first kappa shape index (κ1) is 7.98. The monoisotopic (exact) mass is 145 g/mol. The third kappa shape index (κ3) is 2.64. The van der Waals surface area contributed by atoms with Crippen molar-refractivity contribution in [2.75, 3.05) is 26.4 Å². The lowest BCUT2D eigenvalue weighted by molar-refractivity contribution is 0.0767. The van der Waals surface area contributed by atoms with Crippen LogP contribution >= 0.6 is 0 Å². The lowest BCUT2D eigenvalue weighted by atomic mass is 10.1. The minimum Gasteiger partial charge on any atom is -0.395 e. The van der Waals surface area contributed by atoms with Gasteiger partial charge >= 0.3 is 0 Å². The summed E-state index contributed by atoms with van der Waals surface area (Å²) in [5.41, 5.74) is 0. The summed E-state index contributed by atoms with van der Waals surface area (Å²) in [4.78, 5) is 0. The summed E-state index contributed by atoms with van der Waals surface area (Å²) in [6, 6.07) is 0.570. The zero-order valence-corrected chi connectivity index (χ0v) is 6.18. The Morgan fingerprint density at radius 1 is 1.40 bits per heavy atom. The molecule has 10 heavy (non-hydrogen) atoms. The summed E-state index contributed by atoms with van der Waals surface area (Å²) in [6.45, 7) is 2.67. The van der Waals surface area contributed by atoms with Crippen molar-refractivity contribution in [2.24, 2.45) is 0 Å². The molecule has 0 aromatic carbocycles. The van der Waals surface area contributed by atoms with E-state index < -0.39 is 0 Å². The zero-order chi connectivity index (χ0) is 7.23. The maximum absolute atomic E-state index is 8.50. The van der Waals surface area contributed by atoms with Crippen LogP contribution in [0.3, 0.4) is 0 Å². The second-order valence-corrected chi connectivity index (χ2v) is 2.56. The average Bonchev–Trinajstić information content (AvgIpc) is 2.03. The Labute approximate surface area is 61.4 Å². The third-order valence-corrected chi connectivity index (χ3v) is 1.77. The number of ether oxygens (including phenoxy) is 1. The molecule has 0 aromatic heterocycles. The smallest absolute Gasteiger partial charge is 0.0556 e. The van der Waals surface area contributed by atoms with E-state index in [0.717, 1.165) is 26.1 Å². The molecule has 1 rings (SSSR count). The summed E-state index contributed by atoms with van der Waals surface area (Å²) in [5, 5.41) is 11.7. The summed E-state index contributed by atoms with van der Waals surface area (Å²) in [7, 11) is 0. The normalized spacial score (nSPS) is 21.3. The summed E-state index contributed by atoms with van der Waals surface area (Å²) >= 11 is 0. The van der Waals surface area contributed by atoms with E-state index >= 15 is 0 Å². The lowest BCUT2D eigenvalue weighted by Crippen LogP contribution is -2.36. The highest BCUT2D eigenvalue weighted by atomic mass is 16.5. The molecule has 1 aliphatic rings. The summed E-state index contributed by atoms with van der Waals surface area (Å²) in [6.07, 6.45) is 2.17. The molecular weight excluding hydrogens is 130 g/mol. The molecular formula is C7H15NO2. The molecule has 0 radical (unpaired) electrons. The van der Waals surface area contributed by atoms with Crippen LogP contribution in [0, 0.1) is 0 Å². The van der Waals surface area contributed by atoms with E-state index in [1.807, 2.05) is 0 Å². The van der Waals surface area contributed by atoms with E-state index in [1.165, 1.54) is 0 Å². The molecule has 1 fully saturated rings. The van der Waals surface area contributed by atoms with Gasteiger partial charge in [0.1, 0.15) is 0 Å². The first-order valence-corrected chi connectivity index (χ1v) is 3.85. The Balaban J connectivity index is 2.02. The van der Waals surface area contributed by atoms with E-state index in [9.17, 15) is 0 Å². The van der Waals surface area contributed by atoms with Gasteiger partial charge in [0.05, 0.1) is 6.61 Å². The quantitative estimate of drug-likeness (QED) is 0.575. The zero-order valence-electron chi connectivity index (χ0n) is 6.18. The largest absolute Gasteiger partial charge is 0.395 e. The van der Waals surface area contributed by atoms with Crippen molar-refractivity contribution in [3.8, 4) is 0 Å². The van der Waals surface area contributed by atoms with Crippen molar-refractivity contribution >= 4 is 0 Å². The van der Waals surface area contributed by atoms with Gasteiger partial charge in [0.2, 0.25) is 0 Å². The van der Waals surface area contributed by atoms with E-state index in [2.05, 4.69) is 5.32 Å². The van der Waals surface area contributed by atoms with E-state index in [4.69, 9.17) is 9.84 Å². The van der Waals surface area contributed by atoms with Gasteiger partial charge in [0.15, 0.2) is 0 Å².